The topological polar surface area (TPSA) is 64.0 Å². The van der Waals surface area contributed by atoms with Crippen LogP contribution in [0.4, 0.5) is 0 Å². The van der Waals surface area contributed by atoms with Crippen LogP contribution in [0.3, 0.4) is 0 Å². The van der Waals surface area contributed by atoms with Gasteiger partial charge in [0, 0.05) is 19.6 Å². The quantitative estimate of drug-likeness (QED) is 0.841. The van der Waals surface area contributed by atoms with Crippen LogP contribution >= 0.6 is 0 Å². The van der Waals surface area contributed by atoms with Crippen LogP contribution in [-0.4, -0.2) is 63.8 Å². The van der Waals surface area contributed by atoms with E-state index in [1.165, 1.54) is 11.1 Å². The Balaban J connectivity index is 1.49. The van der Waals surface area contributed by atoms with E-state index in [0.717, 1.165) is 32.6 Å². The van der Waals surface area contributed by atoms with Gasteiger partial charge in [-0.05, 0) is 48.8 Å². The molecule has 0 bridgehead atoms. The second-order valence-electron chi connectivity index (χ2n) is 7.92. The van der Waals surface area contributed by atoms with Gasteiger partial charge in [0.05, 0.1) is 18.2 Å². The highest BCUT2D eigenvalue weighted by Gasteiger charge is 2.44. The molecule has 1 aliphatic carbocycles. The number of nitrogens with zero attached hydrogens (tertiary/aromatic N) is 2. The number of carbonyl (C=O) groups excluding carboxylic acids is 1. The Morgan fingerprint density at radius 1 is 1.08 bits per heavy atom. The summed E-state index contributed by atoms with van der Waals surface area (Å²) < 4.78 is 0. The average molecular weight is 344 g/mol. The fourth-order valence-corrected chi connectivity index (χ4v) is 4.95. The normalized spacial score (nSPS) is 35.3. The second-order valence-corrected chi connectivity index (χ2v) is 7.92. The highest BCUT2D eigenvalue weighted by molar-refractivity contribution is 5.83. The molecule has 0 unspecified atom stereocenters. The molecule has 1 amide bonds. The van der Waals surface area contributed by atoms with Gasteiger partial charge in [0.1, 0.15) is 0 Å². The molecule has 1 saturated heterocycles. The predicted octanol–water partition coefficient (Wildman–Crippen LogP) is 1.02. The van der Waals surface area contributed by atoms with E-state index in [0.29, 0.717) is 24.7 Å². The Morgan fingerprint density at radius 2 is 1.68 bits per heavy atom. The van der Waals surface area contributed by atoms with E-state index in [1.54, 1.807) is 0 Å². The molecule has 1 aromatic carbocycles. The summed E-state index contributed by atoms with van der Waals surface area (Å²) in [7, 11) is 0. The number of benzene rings is 1. The van der Waals surface area contributed by atoms with Crippen molar-refractivity contribution in [1.82, 2.24) is 9.80 Å². The summed E-state index contributed by atoms with van der Waals surface area (Å²) in [6, 6.07) is 8.33. The van der Waals surface area contributed by atoms with Crippen LogP contribution in [0, 0.1) is 11.8 Å². The molecule has 0 radical (unpaired) electrons. The minimum atomic E-state index is -0.634. The third-order valence-electron chi connectivity index (χ3n) is 6.46. The lowest BCUT2D eigenvalue weighted by molar-refractivity contribution is -0.136. The number of likely N-dealkylation sites (tertiary alicyclic amines) is 1. The minimum absolute atomic E-state index is 0.0881. The van der Waals surface area contributed by atoms with Crippen molar-refractivity contribution >= 4 is 5.91 Å². The van der Waals surface area contributed by atoms with Gasteiger partial charge in [0.15, 0.2) is 0 Å². The van der Waals surface area contributed by atoms with Crippen LogP contribution in [-0.2, 0) is 17.8 Å². The van der Waals surface area contributed by atoms with Gasteiger partial charge in [0.25, 0.3) is 0 Å². The van der Waals surface area contributed by atoms with Crippen molar-refractivity contribution in [2.75, 3.05) is 19.6 Å². The van der Waals surface area contributed by atoms with Crippen molar-refractivity contribution in [1.29, 1.82) is 0 Å². The first-order valence-electron chi connectivity index (χ1n) is 9.52. The summed E-state index contributed by atoms with van der Waals surface area (Å²) in [6.07, 6.45) is 0.733. The van der Waals surface area contributed by atoms with Gasteiger partial charge in [-0.2, -0.15) is 0 Å². The van der Waals surface area contributed by atoms with Crippen molar-refractivity contribution in [3.05, 3.63) is 35.4 Å². The van der Waals surface area contributed by atoms with E-state index in [2.05, 4.69) is 36.1 Å². The highest BCUT2D eigenvalue weighted by atomic mass is 16.3. The van der Waals surface area contributed by atoms with Gasteiger partial charge >= 0.3 is 0 Å². The first-order chi connectivity index (χ1) is 12.1. The molecule has 1 saturated carbocycles. The van der Waals surface area contributed by atoms with E-state index < -0.39 is 12.2 Å². The Bertz CT molecular complexity index is 632. The van der Waals surface area contributed by atoms with Crippen molar-refractivity contribution in [2.45, 2.75) is 51.0 Å². The molecule has 0 spiro atoms. The number of aliphatic hydroxyl groups is 2. The fraction of sp³-hybridized carbons (Fsp3) is 0.650. The number of hydrogen-bond donors (Lipinski definition) is 2. The Hall–Kier alpha value is -1.43. The molecular formula is C20H28N2O3. The number of hydrogen-bond acceptors (Lipinski definition) is 4. The number of amides is 1. The van der Waals surface area contributed by atoms with Gasteiger partial charge in [0.2, 0.25) is 5.91 Å². The van der Waals surface area contributed by atoms with Crippen LogP contribution in [0.5, 0.6) is 0 Å². The van der Waals surface area contributed by atoms with Crippen LogP contribution in [0.2, 0.25) is 0 Å². The largest absolute Gasteiger partial charge is 0.390 e. The number of fused-ring (bicyclic) bond motifs is 2. The summed E-state index contributed by atoms with van der Waals surface area (Å²) in [6.45, 7) is 5.26. The Kier molecular flexibility index (Phi) is 4.56. The zero-order valence-electron chi connectivity index (χ0n) is 14.8. The molecule has 2 N–H and O–H groups in total. The Labute approximate surface area is 149 Å². The van der Waals surface area contributed by atoms with E-state index in [9.17, 15) is 15.0 Å². The summed E-state index contributed by atoms with van der Waals surface area (Å²) in [4.78, 5) is 17.5. The maximum atomic E-state index is 13.2. The lowest BCUT2D eigenvalue weighted by Crippen LogP contribution is -2.51. The molecule has 136 valence electrons. The third kappa shape index (κ3) is 3.09. The molecule has 2 fully saturated rings. The molecule has 3 aliphatic rings. The number of likely N-dealkylation sites (N-methyl/N-ethyl adjacent to an activating group) is 1. The molecule has 5 heteroatoms. The van der Waals surface area contributed by atoms with Crippen molar-refractivity contribution in [3.8, 4) is 0 Å². The van der Waals surface area contributed by atoms with Crippen molar-refractivity contribution < 1.29 is 15.0 Å². The summed E-state index contributed by atoms with van der Waals surface area (Å²) in [5, 5.41) is 19.9. The standard InChI is InChI=1S/C20H28N2O3/c1-2-21-10-14-6-4-3-5-13(14)7-17(21)20(25)22-11-15-8-18(23)19(24)9-16(15)12-22/h3-6,15-19,23-24H,2,7-12H2,1H3/t15-,16+,17-,18-,19-/m0/s1. The Morgan fingerprint density at radius 3 is 2.28 bits per heavy atom. The number of rotatable bonds is 2. The lowest BCUT2D eigenvalue weighted by Gasteiger charge is -2.37. The molecule has 4 rings (SSSR count). The smallest absolute Gasteiger partial charge is 0.240 e. The van der Waals surface area contributed by atoms with E-state index in [-0.39, 0.29) is 11.9 Å². The van der Waals surface area contributed by atoms with Crippen LogP contribution in [0.1, 0.15) is 30.9 Å². The first-order valence-corrected chi connectivity index (χ1v) is 9.52. The molecule has 2 aliphatic heterocycles. The third-order valence-corrected chi connectivity index (χ3v) is 6.46. The van der Waals surface area contributed by atoms with Gasteiger partial charge in [-0.1, -0.05) is 31.2 Å². The molecule has 1 aromatic rings. The summed E-state index contributed by atoms with van der Waals surface area (Å²) >= 11 is 0. The zero-order chi connectivity index (χ0) is 17.6. The van der Waals surface area contributed by atoms with Crippen LogP contribution < -0.4 is 0 Å². The summed E-state index contributed by atoms with van der Waals surface area (Å²) in [5.41, 5.74) is 2.61. The molecule has 5 nitrogen and oxygen atoms in total. The van der Waals surface area contributed by atoms with E-state index in [4.69, 9.17) is 0 Å². The van der Waals surface area contributed by atoms with Crippen LogP contribution in [0.15, 0.2) is 24.3 Å². The molecular weight excluding hydrogens is 316 g/mol. The monoisotopic (exact) mass is 344 g/mol. The van der Waals surface area contributed by atoms with Crippen molar-refractivity contribution in [2.24, 2.45) is 11.8 Å². The minimum Gasteiger partial charge on any atom is -0.390 e. The molecule has 25 heavy (non-hydrogen) atoms. The molecule has 2 heterocycles. The zero-order valence-corrected chi connectivity index (χ0v) is 14.8. The van der Waals surface area contributed by atoms with Gasteiger partial charge < -0.3 is 15.1 Å². The van der Waals surface area contributed by atoms with Gasteiger partial charge in [-0.15, -0.1) is 0 Å². The maximum absolute atomic E-state index is 13.2. The number of aliphatic hydroxyl groups excluding tert-OH is 2. The lowest BCUT2D eigenvalue weighted by atomic mass is 9.79. The highest BCUT2D eigenvalue weighted by Crippen LogP contribution is 2.37. The van der Waals surface area contributed by atoms with Crippen LogP contribution in [0.25, 0.3) is 0 Å². The first kappa shape index (κ1) is 17.0. The molecule has 5 atom stereocenters. The second kappa shape index (κ2) is 6.71. The maximum Gasteiger partial charge on any atom is 0.240 e. The average Bonchev–Trinajstić information content (AvgIpc) is 3.03. The SMILES string of the molecule is CCN1Cc2ccccc2C[C@H]1C(=O)N1C[C@H]2C[C@H](O)[C@@H](O)C[C@H]2C1. The van der Waals surface area contributed by atoms with E-state index in [1.807, 2.05) is 4.90 Å². The summed E-state index contributed by atoms with van der Waals surface area (Å²) in [5.74, 6) is 0.872. The van der Waals surface area contributed by atoms with Gasteiger partial charge in [-0.3, -0.25) is 9.69 Å². The molecule has 0 aromatic heterocycles. The number of carbonyl (C=O) groups is 1. The predicted molar refractivity (Wildman–Crippen MR) is 94.8 cm³/mol. The van der Waals surface area contributed by atoms with Gasteiger partial charge in [-0.25, -0.2) is 0 Å². The van der Waals surface area contributed by atoms with E-state index >= 15 is 0 Å². The van der Waals surface area contributed by atoms with Crippen molar-refractivity contribution in [3.63, 3.8) is 0 Å². The fourth-order valence-electron chi connectivity index (χ4n) is 4.95.